The maximum absolute atomic E-state index is 12.4. The van der Waals surface area contributed by atoms with Gasteiger partial charge in [-0.2, -0.15) is 0 Å². The van der Waals surface area contributed by atoms with Crippen molar-refractivity contribution in [3.63, 3.8) is 0 Å². The molecule has 1 aromatic rings. The summed E-state index contributed by atoms with van der Waals surface area (Å²) in [4.78, 5) is 35.2. The van der Waals surface area contributed by atoms with Crippen LogP contribution in [0.5, 0.6) is 0 Å². The highest BCUT2D eigenvalue weighted by molar-refractivity contribution is 5.92. The van der Waals surface area contributed by atoms with Crippen molar-refractivity contribution in [2.45, 2.75) is 83.4 Å². The number of piperidine rings is 1. The summed E-state index contributed by atoms with van der Waals surface area (Å²) in [5.41, 5.74) is -0.133. The largest absolute Gasteiger partial charge is 0.444 e. The van der Waals surface area contributed by atoms with Crippen molar-refractivity contribution in [3.8, 4) is 0 Å². The van der Waals surface area contributed by atoms with Gasteiger partial charge in [-0.15, -0.1) is 0 Å². The molecule has 3 rings (SSSR count). The van der Waals surface area contributed by atoms with E-state index in [4.69, 9.17) is 4.74 Å². The molecular formula is C21H33N5O3. The van der Waals surface area contributed by atoms with E-state index in [1.165, 1.54) is 19.3 Å². The average molecular weight is 404 g/mol. The lowest BCUT2D eigenvalue weighted by Gasteiger charge is -2.33. The number of aromatic nitrogens is 2. The number of carbonyl (C=O) groups is 2. The molecule has 1 saturated heterocycles. The number of hydrogen-bond acceptors (Lipinski definition) is 6. The van der Waals surface area contributed by atoms with E-state index in [2.05, 4.69) is 25.5 Å². The Morgan fingerprint density at radius 2 is 1.62 bits per heavy atom. The van der Waals surface area contributed by atoms with Gasteiger partial charge in [0.15, 0.2) is 0 Å². The number of amides is 2. The number of hydrogen-bond donors (Lipinski definition) is 2. The van der Waals surface area contributed by atoms with E-state index in [-0.39, 0.29) is 24.1 Å². The first-order chi connectivity index (χ1) is 13.8. The normalized spacial score (nSPS) is 18.9. The number of nitrogens with one attached hydrogen (secondary N) is 2. The molecule has 1 aliphatic carbocycles. The molecule has 2 heterocycles. The van der Waals surface area contributed by atoms with E-state index >= 15 is 0 Å². The summed E-state index contributed by atoms with van der Waals surface area (Å²) in [6.45, 7) is 7.10. The van der Waals surface area contributed by atoms with Crippen LogP contribution >= 0.6 is 0 Å². The monoisotopic (exact) mass is 403 g/mol. The van der Waals surface area contributed by atoms with Crippen molar-refractivity contribution in [2.75, 3.05) is 18.0 Å². The van der Waals surface area contributed by atoms with Crippen LogP contribution in [0.3, 0.4) is 0 Å². The minimum absolute atomic E-state index is 0.0922. The van der Waals surface area contributed by atoms with Crippen molar-refractivity contribution < 1.29 is 14.3 Å². The zero-order valence-electron chi connectivity index (χ0n) is 17.7. The van der Waals surface area contributed by atoms with E-state index in [0.717, 1.165) is 44.6 Å². The minimum atomic E-state index is -0.495. The molecule has 0 radical (unpaired) electrons. The predicted molar refractivity (Wildman–Crippen MR) is 111 cm³/mol. The van der Waals surface area contributed by atoms with Crippen LogP contribution in [0.4, 0.5) is 10.6 Å². The van der Waals surface area contributed by atoms with E-state index in [0.29, 0.717) is 5.69 Å². The summed E-state index contributed by atoms with van der Waals surface area (Å²) in [5, 5.41) is 6.00. The molecule has 2 N–H and O–H groups in total. The van der Waals surface area contributed by atoms with Crippen LogP contribution in [0.15, 0.2) is 12.4 Å². The Bertz CT molecular complexity index is 687. The number of nitrogens with zero attached hydrogens (tertiary/aromatic N) is 3. The molecule has 2 amide bonds. The van der Waals surface area contributed by atoms with Crippen molar-refractivity contribution in [1.82, 2.24) is 20.6 Å². The number of anilines is 1. The molecule has 2 aliphatic rings. The van der Waals surface area contributed by atoms with Crippen LogP contribution in [0.25, 0.3) is 0 Å². The number of carbonyl (C=O) groups excluding carboxylic acids is 2. The van der Waals surface area contributed by atoms with Gasteiger partial charge in [0.1, 0.15) is 17.1 Å². The molecule has 1 saturated carbocycles. The van der Waals surface area contributed by atoms with Gasteiger partial charge in [-0.3, -0.25) is 4.79 Å². The van der Waals surface area contributed by atoms with Crippen LogP contribution in [-0.4, -0.2) is 52.7 Å². The molecule has 0 atom stereocenters. The van der Waals surface area contributed by atoms with Crippen LogP contribution in [-0.2, 0) is 4.74 Å². The van der Waals surface area contributed by atoms with E-state index < -0.39 is 5.60 Å². The van der Waals surface area contributed by atoms with Gasteiger partial charge in [-0.1, -0.05) is 19.3 Å². The fraction of sp³-hybridized carbons (Fsp3) is 0.714. The Kier molecular flexibility index (Phi) is 6.92. The van der Waals surface area contributed by atoms with Gasteiger partial charge < -0.3 is 20.3 Å². The van der Waals surface area contributed by atoms with Gasteiger partial charge in [0.05, 0.1) is 12.4 Å². The Hall–Kier alpha value is -2.38. The third-order valence-electron chi connectivity index (χ3n) is 5.35. The highest BCUT2D eigenvalue weighted by atomic mass is 16.6. The first-order valence-electron chi connectivity index (χ1n) is 10.7. The van der Waals surface area contributed by atoms with Gasteiger partial charge in [-0.25, -0.2) is 14.8 Å². The summed E-state index contributed by atoms with van der Waals surface area (Å²) in [7, 11) is 0. The molecule has 8 heteroatoms. The lowest BCUT2D eigenvalue weighted by Crippen LogP contribution is -2.46. The zero-order chi connectivity index (χ0) is 20.9. The van der Waals surface area contributed by atoms with Gasteiger partial charge in [0, 0.05) is 25.2 Å². The fourth-order valence-electron chi connectivity index (χ4n) is 3.84. The Morgan fingerprint density at radius 3 is 2.21 bits per heavy atom. The molecule has 29 heavy (non-hydrogen) atoms. The number of ether oxygens (including phenoxy) is 1. The Balaban J connectivity index is 1.46. The lowest BCUT2D eigenvalue weighted by atomic mass is 9.95. The summed E-state index contributed by atoms with van der Waals surface area (Å²) in [5.74, 6) is 0.617. The van der Waals surface area contributed by atoms with Crippen molar-refractivity contribution in [1.29, 1.82) is 0 Å². The van der Waals surface area contributed by atoms with E-state index in [1.54, 1.807) is 12.4 Å². The van der Waals surface area contributed by atoms with Crippen LogP contribution < -0.4 is 15.5 Å². The third kappa shape index (κ3) is 6.58. The number of rotatable bonds is 4. The fourth-order valence-corrected chi connectivity index (χ4v) is 3.84. The maximum Gasteiger partial charge on any atom is 0.407 e. The molecule has 2 fully saturated rings. The predicted octanol–water partition coefficient (Wildman–Crippen LogP) is 3.03. The lowest BCUT2D eigenvalue weighted by molar-refractivity contribution is 0.0497. The van der Waals surface area contributed by atoms with Gasteiger partial charge in [-0.05, 0) is 46.5 Å². The summed E-state index contributed by atoms with van der Waals surface area (Å²) >= 11 is 0. The zero-order valence-corrected chi connectivity index (χ0v) is 17.7. The standard InChI is InChI=1S/C21H33N5O3/c1-21(2,3)29-20(28)25-16-9-11-26(12-10-16)18-14-22-17(13-23-18)19(27)24-15-7-5-4-6-8-15/h13-16H,4-12H2,1-3H3,(H,24,27)(H,25,28). The average Bonchev–Trinajstić information content (AvgIpc) is 2.68. The molecule has 1 aromatic heterocycles. The second-order valence-electron chi connectivity index (χ2n) is 8.98. The van der Waals surface area contributed by atoms with E-state index in [1.807, 2.05) is 20.8 Å². The minimum Gasteiger partial charge on any atom is -0.444 e. The topological polar surface area (TPSA) is 96.5 Å². The van der Waals surface area contributed by atoms with E-state index in [9.17, 15) is 9.59 Å². The van der Waals surface area contributed by atoms with Crippen LogP contribution in [0.1, 0.15) is 76.2 Å². The summed E-state index contributed by atoms with van der Waals surface area (Å²) in [6.07, 6.45) is 10.2. The smallest absolute Gasteiger partial charge is 0.407 e. The summed E-state index contributed by atoms with van der Waals surface area (Å²) < 4.78 is 5.32. The van der Waals surface area contributed by atoms with Crippen LogP contribution in [0.2, 0.25) is 0 Å². The molecule has 8 nitrogen and oxygen atoms in total. The second-order valence-corrected chi connectivity index (χ2v) is 8.98. The third-order valence-corrected chi connectivity index (χ3v) is 5.35. The SMILES string of the molecule is CC(C)(C)OC(=O)NC1CCN(c2cnc(C(=O)NC3CCCCC3)cn2)CC1. The highest BCUT2D eigenvalue weighted by Gasteiger charge is 2.24. The molecule has 160 valence electrons. The quantitative estimate of drug-likeness (QED) is 0.802. The van der Waals surface area contributed by atoms with Gasteiger partial charge in [0.2, 0.25) is 0 Å². The molecule has 0 aromatic carbocycles. The summed E-state index contributed by atoms with van der Waals surface area (Å²) in [6, 6.07) is 0.351. The molecule has 1 aliphatic heterocycles. The van der Waals surface area contributed by atoms with Crippen molar-refractivity contribution in [2.24, 2.45) is 0 Å². The molecule has 0 spiro atoms. The highest BCUT2D eigenvalue weighted by Crippen LogP contribution is 2.19. The van der Waals surface area contributed by atoms with Crippen molar-refractivity contribution >= 4 is 17.8 Å². The van der Waals surface area contributed by atoms with Crippen LogP contribution in [0, 0.1) is 0 Å². The first-order valence-corrected chi connectivity index (χ1v) is 10.7. The molecular weight excluding hydrogens is 370 g/mol. The first kappa shape index (κ1) is 21.3. The number of alkyl carbamates (subject to hydrolysis) is 1. The maximum atomic E-state index is 12.4. The molecule has 0 unspecified atom stereocenters. The Labute approximate surface area is 172 Å². The van der Waals surface area contributed by atoms with Gasteiger partial charge in [0.25, 0.3) is 5.91 Å². The van der Waals surface area contributed by atoms with Crippen molar-refractivity contribution in [3.05, 3.63) is 18.1 Å². The Morgan fingerprint density at radius 1 is 0.966 bits per heavy atom. The van der Waals surface area contributed by atoms with Gasteiger partial charge >= 0.3 is 6.09 Å². The second kappa shape index (κ2) is 9.41. The molecule has 0 bridgehead atoms.